The molecular formula is C16H27FN2O. The summed E-state index contributed by atoms with van der Waals surface area (Å²) in [5, 5.41) is 13.0. The molecule has 0 bridgehead atoms. The van der Waals surface area contributed by atoms with Crippen molar-refractivity contribution in [3.8, 4) is 5.75 Å². The fraction of sp³-hybridized carbons (Fsp3) is 0.625. The number of hydrogen-bond acceptors (Lipinski definition) is 3. The van der Waals surface area contributed by atoms with Gasteiger partial charge in [0.15, 0.2) is 0 Å². The number of phenols is 1. The van der Waals surface area contributed by atoms with Crippen molar-refractivity contribution in [2.45, 2.75) is 46.2 Å². The van der Waals surface area contributed by atoms with E-state index in [9.17, 15) is 9.50 Å². The summed E-state index contributed by atoms with van der Waals surface area (Å²) in [6.07, 6.45) is 2.22. The molecule has 3 nitrogen and oxygen atoms in total. The van der Waals surface area contributed by atoms with Crippen molar-refractivity contribution >= 4 is 0 Å². The Kier molecular flexibility index (Phi) is 7.55. The normalized spacial score (nSPS) is 12.8. The zero-order valence-electron chi connectivity index (χ0n) is 12.8. The largest absolute Gasteiger partial charge is 0.508 e. The smallest absolute Gasteiger partial charge is 0.123 e. The second-order valence-electron chi connectivity index (χ2n) is 5.22. The molecule has 0 saturated carbocycles. The van der Waals surface area contributed by atoms with Gasteiger partial charge in [-0.25, -0.2) is 4.39 Å². The SMILES string of the molecule is CCN(CC)CCCC(C)NCc1cc(F)ccc1O. The van der Waals surface area contributed by atoms with Crippen molar-refractivity contribution in [2.75, 3.05) is 19.6 Å². The summed E-state index contributed by atoms with van der Waals surface area (Å²) in [7, 11) is 0. The third-order valence-corrected chi connectivity index (χ3v) is 3.69. The van der Waals surface area contributed by atoms with Gasteiger partial charge in [-0.1, -0.05) is 13.8 Å². The topological polar surface area (TPSA) is 35.5 Å². The first-order valence-corrected chi connectivity index (χ1v) is 7.49. The summed E-state index contributed by atoms with van der Waals surface area (Å²) < 4.78 is 13.1. The van der Waals surface area contributed by atoms with Gasteiger partial charge in [0.05, 0.1) is 0 Å². The maximum absolute atomic E-state index is 13.1. The first kappa shape index (κ1) is 16.9. The minimum Gasteiger partial charge on any atom is -0.508 e. The zero-order chi connectivity index (χ0) is 15.0. The predicted molar refractivity (Wildman–Crippen MR) is 81.4 cm³/mol. The Bertz CT molecular complexity index is 394. The van der Waals surface area contributed by atoms with Crippen LogP contribution < -0.4 is 5.32 Å². The molecule has 1 unspecified atom stereocenters. The monoisotopic (exact) mass is 282 g/mol. The van der Waals surface area contributed by atoms with Gasteiger partial charge in [-0.05, 0) is 57.6 Å². The van der Waals surface area contributed by atoms with E-state index in [0.717, 1.165) is 32.5 Å². The molecule has 0 fully saturated rings. The molecule has 1 aromatic rings. The Labute approximate surface area is 121 Å². The first-order valence-electron chi connectivity index (χ1n) is 7.49. The van der Waals surface area contributed by atoms with Gasteiger partial charge in [0.2, 0.25) is 0 Å². The third-order valence-electron chi connectivity index (χ3n) is 3.69. The number of halogens is 1. The van der Waals surface area contributed by atoms with Crippen molar-refractivity contribution in [2.24, 2.45) is 0 Å². The maximum Gasteiger partial charge on any atom is 0.123 e. The number of rotatable bonds is 9. The van der Waals surface area contributed by atoms with Gasteiger partial charge in [0.1, 0.15) is 11.6 Å². The second-order valence-corrected chi connectivity index (χ2v) is 5.22. The average molecular weight is 282 g/mol. The summed E-state index contributed by atoms with van der Waals surface area (Å²) in [5.74, 6) is -0.164. The lowest BCUT2D eigenvalue weighted by molar-refractivity contribution is 0.290. The number of aromatic hydroxyl groups is 1. The number of phenolic OH excluding ortho intramolecular Hbond substituents is 1. The van der Waals surface area contributed by atoms with Gasteiger partial charge in [-0.15, -0.1) is 0 Å². The molecule has 20 heavy (non-hydrogen) atoms. The lowest BCUT2D eigenvalue weighted by atomic mass is 10.1. The van der Waals surface area contributed by atoms with Crippen molar-refractivity contribution in [3.05, 3.63) is 29.6 Å². The summed E-state index contributed by atoms with van der Waals surface area (Å²) in [4.78, 5) is 2.41. The van der Waals surface area contributed by atoms with Crippen LogP contribution in [0.25, 0.3) is 0 Å². The predicted octanol–water partition coefficient (Wildman–Crippen LogP) is 3.13. The summed E-state index contributed by atoms with van der Waals surface area (Å²) >= 11 is 0. The molecule has 1 rings (SSSR count). The molecule has 0 aromatic heterocycles. The van der Waals surface area contributed by atoms with Gasteiger partial charge in [0, 0.05) is 18.2 Å². The standard InChI is InChI=1S/C16H27FN2O/c1-4-19(5-2)10-6-7-13(3)18-12-14-11-15(17)8-9-16(14)20/h8-9,11,13,18,20H,4-7,10,12H2,1-3H3. The molecule has 1 atom stereocenters. The van der Waals surface area contributed by atoms with E-state index < -0.39 is 0 Å². The van der Waals surface area contributed by atoms with Crippen LogP contribution in [0.4, 0.5) is 4.39 Å². The van der Waals surface area contributed by atoms with Crippen LogP contribution in [-0.4, -0.2) is 35.7 Å². The highest BCUT2D eigenvalue weighted by molar-refractivity contribution is 5.32. The highest BCUT2D eigenvalue weighted by atomic mass is 19.1. The van der Waals surface area contributed by atoms with Crippen molar-refractivity contribution in [1.29, 1.82) is 0 Å². The van der Waals surface area contributed by atoms with Crippen LogP contribution in [0.1, 0.15) is 39.2 Å². The highest BCUT2D eigenvalue weighted by Crippen LogP contribution is 2.17. The van der Waals surface area contributed by atoms with E-state index in [4.69, 9.17) is 0 Å². The Morgan fingerprint density at radius 1 is 1.30 bits per heavy atom. The van der Waals surface area contributed by atoms with E-state index in [1.807, 2.05) is 0 Å². The Morgan fingerprint density at radius 2 is 2.00 bits per heavy atom. The Morgan fingerprint density at radius 3 is 2.65 bits per heavy atom. The quantitative estimate of drug-likeness (QED) is 0.730. The second kappa shape index (κ2) is 8.93. The van der Waals surface area contributed by atoms with Crippen molar-refractivity contribution in [3.63, 3.8) is 0 Å². The lowest BCUT2D eigenvalue weighted by Crippen LogP contribution is -2.28. The van der Waals surface area contributed by atoms with E-state index in [1.54, 1.807) is 0 Å². The molecule has 0 saturated heterocycles. The summed E-state index contributed by atoms with van der Waals surface area (Å²) in [6, 6.07) is 4.41. The van der Waals surface area contributed by atoms with Crippen LogP contribution in [0, 0.1) is 5.82 Å². The molecule has 0 aliphatic carbocycles. The molecule has 0 aliphatic heterocycles. The number of nitrogens with one attached hydrogen (secondary N) is 1. The number of nitrogens with zero attached hydrogens (tertiary/aromatic N) is 1. The fourth-order valence-corrected chi connectivity index (χ4v) is 2.24. The molecule has 0 radical (unpaired) electrons. The molecular weight excluding hydrogens is 255 g/mol. The molecule has 114 valence electrons. The van der Waals surface area contributed by atoms with Gasteiger partial charge in [0.25, 0.3) is 0 Å². The maximum atomic E-state index is 13.1. The van der Waals surface area contributed by atoms with Gasteiger partial charge in [-0.2, -0.15) is 0 Å². The van der Waals surface area contributed by atoms with E-state index >= 15 is 0 Å². The van der Waals surface area contributed by atoms with Crippen LogP contribution in [0.3, 0.4) is 0 Å². The molecule has 0 amide bonds. The lowest BCUT2D eigenvalue weighted by Gasteiger charge is -2.20. The van der Waals surface area contributed by atoms with E-state index in [1.165, 1.54) is 18.2 Å². The minimum atomic E-state index is -0.311. The third kappa shape index (κ3) is 5.88. The van der Waals surface area contributed by atoms with E-state index in [-0.39, 0.29) is 11.6 Å². The molecule has 4 heteroatoms. The van der Waals surface area contributed by atoms with Gasteiger partial charge >= 0.3 is 0 Å². The average Bonchev–Trinajstić information content (AvgIpc) is 2.44. The summed E-state index contributed by atoms with van der Waals surface area (Å²) in [6.45, 7) is 10.3. The van der Waals surface area contributed by atoms with Crippen LogP contribution in [0.2, 0.25) is 0 Å². The van der Waals surface area contributed by atoms with Crippen molar-refractivity contribution in [1.82, 2.24) is 10.2 Å². The zero-order valence-corrected chi connectivity index (χ0v) is 12.8. The molecule has 0 heterocycles. The summed E-state index contributed by atoms with van der Waals surface area (Å²) in [5.41, 5.74) is 0.612. The van der Waals surface area contributed by atoms with Crippen LogP contribution in [0.5, 0.6) is 5.75 Å². The van der Waals surface area contributed by atoms with Crippen molar-refractivity contribution < 1.29 is 9.50 Å². The van der Waals surface area contributed by atoms with Crippen LogP contribution in [-0.2, 0) is 6.54 Å². The fourth-order valence-electron chi connectivity index (χ4n) is 2.24. The molecule has 2 N–H and O–H groups in total. The van der Waals surface area contributed by atoms with Crippen LogP contribution in [0.15, 0.2) is 18.2 Å². The number of hydrogen-bond donors (Lipinski definition) is 2. The van der Waals surface area contributed by atoms with Crippen LogP contribution >= 0.6 is 0 Å². The minimum absolute atomic E-state index is 0.147. The Hall–Kier alpha value is -1.13. The highest BCUT2D eigenvalue weighted by Gasteiger charge is 2.07. The molecule has 0 aliphatic rings. The van der Waals surface area contributed by atoms with Gasteiger partial charge < -0.3 is 15.3 Å². The first-order chi connectivity index (χ1) is 9.56. The van der Waals surface area contributed by atoms with E-state index in [2.05, 4.69) is 31.0 Å². The molecule has 0 spiro atoms. The Balaban J connectivity index is 2.29. The molecule has 1 aromatic carbocycles. The van der Waals surface area contributed by atoms with Gasteiger partial charge in [-0.3, -0.25) is 0 Å². The van der Waals surface area contributed by atoms with E-state index in [0.29, 0.717) is 18.2 Å². The number of benzene rings is 1.